The second-order valence-corrected chi connectivity index (χ2v) is 5.14. The molecule has 0 atom stereocenters. The molecule has 1 amide bonds. The molecule has 2 N–H and O–H groups in total. The zero-order valence-corrected chi connectivity index (χ0v) is 12.0. The standard InChI is InChI=1S/C15H18N4O2/c1-11-9-12(10-21-11)15(20)19-7-5-18(6-8-19)14-13(16)3-2-4-17-14/h2-4,9-10H,5-8,16H2,1H3. The summed E-state index contributed by atoms with van der Waals surface area (Å²) in [5.41, 5.74) is 7.22. The van der Waals surface area contributed by atoms with E-state index < -0.39 is 0 Å². The Labute approximate surface area is 123 Å². The van der Waals surface area contributed by atoms with E-state index in [-0.39, 0.29) is 5.91 Å². The third-order valence-corrected chi connectivity index (χ3v) is 3.66. The van der Waals surface area contributed by atoms with Crippen LogP contribution in [0.4, 0.5) is 11.5 Å². The zero-order chi connectivity index (χ0) is 14.8. The van der Waals surface area contributed by atoms with E-state index >= 15 is 0 Å². The van der Waals surface area contributed by atoms with E-state index in [1.165, 1.54) is 6.26 Å². The molecule has 0 aliphatic carbocycles. The van der Waals surface area contributed by atoms with E-state index in [2.05, 4.69) is 9.88 Å². The lowest BCUT2D eigenvalue weighted by molar-refractivity contribution is 0.0746. The molecule has 21 heavy (non-hydrogen) atoms. The smallest absolute Gasteiger partial charge is 0.257 e. The van der Waals surface area contributed by atoms with Crippen LogP contribution in [0.1, 0.15) is 16.1 Å². The number of nitrogens with two attached hydrogens (primary N) is 1. The molecule has 0 unspecified atom stereocenters. The number of nitrogens with zero attached hydrogens (tertiary/aromatic N) is 3. The van der Waals surface area contributed by atoms with Gasteiger partial charge in [-0.3, -0.25) is 4.79 Å². The molecular formula is C15H18N4O2. The summed E-state index contributed by atoms with van der Waals surface area (Å²) in [6, 6.07) is 5.43. The average molecular weight is 286 g/mol. The van der Waals surface area contributed by atoms with Crippen molar-refractivity contribution < 1.29 is 9.21 Å². The molecule has 3 rings (SSSR count). The third-order valence-electron chi connectivity index (χ3n) is 3.66. The van der Waals surface area contributed by atoms with Crippen LogP contribution >= 0.6 is 0 Å². The van der Waals surface area contributed by atoms with E-state index in [1.54, 1.807) is 12.3 Å². The van der Waals surface area contributed by atoms with E-state index in [0.29, 0.717) is 24.3 Å². The second-order valence-electron chi connectivity index (χ2n) is 5.14. The quantitative estimate of drug-likeness (QED) is 0.906. The van der Waals surface area contributed by atoms with E-state index in [1.807, 2.05) is 24.0 Å². The number of nitrogen functional groups attached to an aromatic ring is 1. The van der Waals surface area contributed by atoms with Gasteiger partial charge in [-0.15, -0.1) is 0 Å². The Morgan fingerprint density at radius 1 is 1.33 bits per heavy atom. The highest BCUT2D eigenvalue weighted by Gasteiger charge is 2.24. The first-order chi connectivity index (χ1) is 10.1. The molecule has 0 aromatic carbocycles. The van der Waals surface area contributed by atoms with Crippen LogP contribution < -0.4 is 10.6 Å². The Morgan fingerprint density at radius 2 is 2.10 bits per heavy atom. The number of furan rings is 1. The lowest BCUT2D eigenvalue weighted by Crippen LogP contribution is -2.49. The Hall–Kier alpha value is -2.50. The van der Waals surface area contributed by atoms with Gasteiger partial charge in [0.05, 0.1) is 11.3 Å². The van der Waals surface area contributed by atoms with Crippen molar-refractivity contribution >= 4 is 17.4 Å². The summed E-state index contributed by atoms with van der Waals surface area (Å²) in [5, 5.41) is 0. The van der Waals surface area contributed by atoms with Crippen LogP contribution in [-0.4, -0.2) is 42.0 Å². The molecule has 0 bridgehead atoms. The molecule has 3 heterocycles. The van der Waals surface area contributed by atoms with Crippen molar-refractivity contribution in [1.82, 2.24) is 9.88 Å². The second kappa shape index (κ2) is 5.47. The zero-order valence-electron chi connectivity index (χ0n) is 12.0. The van der Waals surface area contributed by atoms with E-state index in [9.17, 15) is 4.79 Å². The number of aromatic nitrogens is 1. The normalized spacial score (nSPS) is 15.3. The minimum Gasteiger partial charge on any atom is -0.469 e. The van der Waals surface area contributed by atoms with Crippen LogP contribution in [0.15, 0.2) is 35.1 Å². The molecule has 1 aliphatic heterocycles. The number of aryl methyl sites for hydroxylation is 1. The number of carbonyl (C=O) groups excluding carboxylic acids is 1. The summed E-state index contributed by atoms with van der Waals surface area (Å²) in [6.45, 7) is 4.59. The molecule has 110 valence electrons. The number of hydrogen-bond donors (Lipinski definition) is 1. The highest BCUT2D eigenvalue weighted by molar-refractivity contribution is 5.94. The number of piperazine rings is 1. The first-order valence-electron chi connectivity index (χ1n) is 6.95. The maximum atomic E-state index is 12.3. The molecule has 1 aliphatic rings. The Balaban J connectivity index is 1.65. The van der Waals surface area contributed by atoms with Crippen LogP contribution in [0.25, 0.3) is 0 Å². The first-order valence-corrected chi connectivity index (χ1v) is 6.95. The highest BCUT2D eigenvalue weighted by atomic mass is 16.3. The molecule has 1 fully saturated rings. The Kier molecular flexibility index (Phi) is 3.51. The topological polar surface area (TPSA) is 75.6 Å². The maximum absolute atomic E-state index is 12.3. The van der Waals surface area contributed by atoms with Gasteiger partial charge in [0.1, 0.15) is 12.0 Å². The fourth-order valence-corrected chi connectivity index (χ4v) is 2.53. The SMILES string of the molecule is Cc1cc(C(=O)N2CCN(c3ncccc3N)CC2)co1. The maximum Gasteiger partial charge on any atom is 0.257 e. The minimum atomic E-state index is 0.0143. The van der Waals surface area contributed by atoms with Gasteiger partial charge in [-0.25, -0.2) is 4.98 Å². The summed E-state index contributed by atoms with van der Waals surface area (Å²) in [5.74, 6) is 1.56. The largest absolute Gasteiger partial charge is 0.469 e. The van der Waals surface area contributed by atoms with Gasteiger partial charge in [0.2, 0.25) is 0 Å². The number of hydrogen-bond acceptors (Lipinski definition) is 5. The van der Waals surface area contributed by atoms with Crippen molar-refractivity contribution in [2.75, 3.05) is 36.8 Å². The first kappa shape index (κ1) is 13.5. The molecule has 6 heteroatoms. The van der Waals surface area contributed by atoms with Crippen molar-refractivity contribution in [2.24, 2.45) is 0 Å². The number of anilines is 2. The molecule has 2 aromatic rings. The van der Waals surface area contributed by atoms with Crippen molar-refractivity contribution in [2.45, 2.75) is 6.92 Å². The lowest BCUT2D eigenvalue weighted by Gasteiger charge is -2.35. The van der Waals surface area contributed by atoms with Crippen LogP contribution in [0, 0.1) is 6.92 Å². The van der Waals surface area contributed by atoms with Crippen molar-refractivity contribution in [3.63, 3.8) is 0 Å². The summed E-state index contributed by atoms with van der Waals surface area (Å²) >= 11 is 0. The summed E-state index contributed by atoms with van der Waals surface area (Å²) < 4.78 is 5.20. The van der Waals surface area contributed by atoms with Crippen molar-refractivity contribution in [3.8, 4) is 0 Å². The number of pyridine rings is 1. The van der Waals surface area contributed by atoms with Crippen molar-refractivity contribution in [3.05, 3.63) is 42.0 Å². The minimum absolute atomic E-state index is 0.0143. The van der Waals surface area contributed by atoms with Gasteiger partial charge < -0.3 is 20.0 Å². The van der Waals surface area contributed by atoms with Crippen LogP contribution in [0.2, 0.25) is 0 Å². The molecule has 0 radical (unpaired) electrons. The Bertz CT molecular complexity index is 645. The van der Waals surface area contributed by atoms with Gasteiger partial charge in [-0.05, 0) is 25.1 Å². The number of amides is 1. The molecule has 6 nitrogen and oxygen atoms in total. The molecule has 1 saturated heterocycles. The van der Waals surface area contributed by atoms with Gasteiger partial charge >= 0.3 is 0 Å². The predicted octanol–water partition coefficient (Wildman–Crippen LogP) is 1.53. The molecular weight excluding hydrogens is 268 g/mol. The summed E-state index contributed by atoms with van der Waals surface area (Å²) in [6.07, 6.45) is 3.25. The monoisotopic (exact) mass is 286 g/mol. The van der Waals surface area contributed by atoms with Gasteiger partial charge in [0, 0.05) is 32.4 Å². The van der Waals surface area contributed by atoms with Gasteiger partial charge in [0.15, 0.2) is 5.82 Å². The molecule has 0 saturated carbocycles. The molecule has 0 spiro atoms. The highest BCUT2D eigenvalue weighted by Crippen LogP contribution is 2.21. The predicted molar refractivity (Wildman–Crippen MR) is 80.2 cm³/mol. The van der Waals surface area contributed by atoms with Gasteiger partial charge in [-0.1, -0.05) is 0 Å². The van der Waals surface area contributed by atoms with Crippen LogP contribution in [0.3, 0.4) is 0 Å². The summed E-state index contributed by atoms with van der Waals surface area (Å²) in [4.78, 5) is 20.6. The van der Waals surface area contributed by atoms with Gasteiger partial charge in [-0.2, -0.15) is 0 Å². The lowest BCUT2D eigenvalue weighted by atomic mass is 10.2. The van der Waals surface area contributed by atoms with Crippen LogP contribution in [-0.2, 0) is 0 Å². The number of rotatable bonds is 2. The number of carbonyl (C=O) groups is 1. The fraction of sp³-hybridized carbons (Fsp3) is 0.333. The van der Waals surface area contributed by atoms with Crippen molar-refractivity contribution in [1.29, 1.82) is 0 Å². The van der Waals surface area contributed by atoms with E-state index in [4.69, 9.17) is 10.2 Å². The third kappa shape index (κ3) is 2.69. The summed E-state index contributed by atoms with van der Waals surface area (Å²) in [7, 11) is 0. The molecule has 2 aromatic heterocycles. The Morgan fingerprint density at radius 3 is 2.71 bits per heavy atom. The van der Waals surface area contributed by atoms with Crippen LogP contribution in [0.5, 0.6) is 0 Å². The van der Waals surface area contributed by atoms with E-state index in [0.717, 1.165) is 24.7 Å². The fourth-order valence-electron chi connectivity index (χ4n) is 2.53. The van der Waals surface area contributed by atoms with Gasteiger partial charge in [0.25, 0.3) is 5.91 Å². The average Bonchev–Trinajstić information content (AvgIpc) is 2.94.